The molecule has 88 valence electrons. The molecule has 0 unspecified atom stereocenters. The lowest BCUT2D eigenvalue weighted by atomic mass is 10.2. The molecule has 0 radical (unpaired) electrons. The highest BCUT2D eigenvalue weighted by atomic mass is 16.5. The molecule has 0 N–H and O–H groups in total. The van der Waals surface area contributed by atoms with Crippen LogP contribution in [0.4, 0.5) is 0 Å². The summed E-state index contributed by atoms with van der Waals surface area (Å²) in [5.41, 5.74) is 1.26. The molecule has 1 rings (SSSR count). The van der Waals surface area contributed by atoms with Crippen LogP contribution in [0.1, 0.15) is 38.2 Å². The smallest absolute Gasteiger partial charge is 0.0716 e. The van der Waals surface area contributed by atoms with E-state index in [0.29, 0.717) is 0 Å². The van der Waals surface area contributed by atoms with Crippen LogP contribution in [0.3, 0.4) is 0 Å². The van der Waals surface area contributed by atoms with Gasteiger partial charge in [-0.2, -0.15) is 0 Å². The monoisotopic (exact) mass is 218 g/mol. The Hall–Kier alpha value is -1.08. The number of hydrogen-bond acceptors (Lipinski definition) is 1. The molecule has 0 aliphatic rings. The zero-order valence-corrected chi connectivity index (χ0v) is 10.2. The van der Waals surface area contributed by atoms with Crippen molar-refractivity contribution in [3.05, 3.63) is 48.0 Å². The molecule has 0 aromatic heterocycles. The summed E-state index contributed by atoms with van der Waals surface area (Å²) in [6.45, 7) is 3.70. The quantitative estimate of drug-likeness (QED) is 0.466. The van der Waals surface area contributed by atoms with Crippen LogP contribution in [-0.2, 0) is 11.3 Å². The highest BCUT2D eigenvalue weighted by Gasteiger charge is 1.92. The largest absolute Gasteiger partial charge is 0.377 e. The molecule has 16 heavy (non-hydrogen) atoms. The molecule has 0 heterocycles. The second-order valence-corrected chi connectivity index (χ2v) is 3.96. The van der Waals surface area contributed by atoms with Gasteiger partial charge in [0, 0.05) is 6.61 Å². The number of benzene rings is 1. The third-order valence-electron chi connectivity index (χ3n) is 2.51. The van der Waals surface area contributed by atoms with E-state index in [0.717, 1.165) is 13.2 Å². The Morgan fingerprint density at radius 3 is 2.62 bits per heavy atom. The first-order chi connectivity index (χ1) is 7.93. The van der Waals surface area contributed by atoms with Crippen molar-refractivity contribution in [1.82, 2.24) is 0 Å². The third-order valence-corrected chi connectivity index (χ3v) is 2.51. The Balaban J connectivity index is 1.92. The highest BCUT2D eigenvalue weighted by molar-refractivity contribution is 5.13. The molecular weight excluding hydrogens is 196 g/mol. The first-order valence-electron chi connectivity index (χ1n) is 6.16. The van der Waals surface area contributed by atoms with Crippen molar-refractivity contribution < 1.29 is 4.74 Å². The average molecular weight is 218 g/mol. The first kappa shape index (κ1) is 13.0. The normalized spacial score (nSPS) is 11.1. The molecule has 0 atom stereocenters. The molecule has 0 saturated carbocycles. The van der Waals surface area contributed by atoms with Crippen molar-refractivity contribution in [2.45, 2.75) is 39.2 Å². The summed E-state index contributed by atoms with van der Waals surface area (Å²) in [6.07, 6.45) is 9.26. The van der Waals surface area contributed by atoms with Gasteiger partial charge in [-0.15, -0.1) is 0 Å². The van der Waals surface area contributed by atoms with Crippen molar-refractivity contribution in [1.29, 1.82) is 0 Å². The van der Waals surface area contributed by atoms with E-state index in [4.69, 9.17) is 4.74 Å². The number of allylic oxidation sites excluding steroid dienone is 2. The van der Waals surface area contributed by atoms with Gasteiger partial charge in [-0.1, -0.05) is 48.9 Å². The van der Waals surface area contributed by atoms with Gasteiger partial charge in [0.15, 0.2) is 0 Å². The van der Waals surface area contributed by atoms with Crippen LogP contribution in [0.5, 0.6) is 0 Å². The predicted molar refractivity (Wildman–Crippen MR) is 69.4 cm³/mol. The molecule has 1 nitrogen and oxygen atoms in total. The molecule has 0 bridgehead atoms. The first-order valence-corrected chi connectivity index (χ1v) is 6.16. The summed E-state index contributed by atoms with van der Waals surface area (Å²) in [5.74, 6) is 0. The Bertz CT molecular complexity index is 277. The number of unbranched alkanes of at least 4 members (excludes halogenated alkanes) is 3. The molecule has 0 amide bonds. The van der Waals surface area contributed by atoms with Gasteiger partial charge in [0.05, 0.1) is 6.61 Å². The van der Waals surface area contributed by atoms with Gasteiger partial charge in [0.1, 0.15) is 0 Å². The van der Waals surface area contributed by atoms with Crippen molar-refractivity contribution in [2.75, 3.05) is 6.61 Å². The molecule has 0 spiro atoms. The summed E-state index contributed by atoms with van der Waals surface area (Å²) < 4.78 is 5.61. The lowest BCUT2D eigenvalue weighted by Gasteiger charge is -2.03. The minimum atomic E-state index is 0.746. The molecule has 0 aliphatic heterocycles. The Morgan fingerprint density at radius 2 is 1.88 bits per heavy atom. The maximum atomic E-state index is 5.61. The Labute approximate surface area is 99.1 Å². The van der Waals surface area contributed by atoms with Crippen molar-refractivity contribution >= 4 is 0 Å². The van der Waals surface area contributed by atoms with Gasteiger partial charge in [0.25, 0.3) is 0 Å². The minimum Gasteiger partial charge on any atom is -0.377 e. The van der Waals surface area contributed by atoms with Crippen molar-refractivity contribution in [3.8, 4) is 0 Å². The minimum absolute atomic E-state index is 0.746. The summed E-state index contributed by atoms with van der Waals surface area (Å²) in [5, 5.41) is 0. The van der Waals surface area contributed by atoms with Crippen molar-refractivity contribution in [2.24, 2.45) is 0 Å². The van der Waals surface area contributed by atoms with E-state index in [1.165, 1.54) is 31.2 Å². The second kappa shape index (κ2) is 9.17. The number of hydrogen-bond donors (Lipinski definition) is 0. The van der Waals surface area contributed by atoms with E-state index < -0.39 is 0 Å². The van der Waals surface area contributed by atoms with Crippen molar-refractivity contribution in [3.63, 3.8) is 0 Å². The van der Waals surface area contributed by atoms with Gasteiger partial charge in [-0.05, 0) is 31.7 Å². The maximum Gasteiger partial charge on any atom is 0.0716 e. The predicted octanol–water partition coefficient (Wildman–Crippen LogP) is 4.34. The Kier molecular flexibility index (Phi) is 7.44. The van der Waals surface area contributed by atoms with E-state index in [9.17, 15) is 0 Å². The van der Waals surface area contributed by atoms with Crippen LogP contribution in [0.25, 0.3) is 0 Å². The molecule has 0 saturated heterocycles. The Morgan fingerprint density at radius 1 is 1.06 bits per heavy atom. The third kappa shape index (κ3) is 6.41. The standard InChI is InChI=1S/C15H22O/c1-2-3-4-5-6-10-13-16-14-15-11-8-7-9-12-15/h2-3,7-9,11-12H,4-6,10,13-14H2,1H3/b3-2+. The fourth-order valence-corrected chi connectivity index (χ4v) is 1.57. The number of rotatable bonds is 8. The van der Waals surface area contributed by atoms with Gasteiger partial charge in [-0.25, -0.2) is 0 Å². The summed E-state index contributed by atoms with van der Waals surface area (Å²) >= 11 is 0. The fraction of sp³-hybridized carbons (Fsp3) is 0.467. The molecule has 1 heteroatoms. The zero-order valence-electron chi connectivity index (χ0n) is 10.2. The van der Waals surface area contributed by atoms with E-state index in [1.807, 2.05) is 6.07 Å². The maximum absolute atomic E-state index is 5.61. The number of ether oxygens (including phenoxy) is 1. The SMILES string of the molecule is C/C=C/CCCCCOCc1ccccc1. The molecule has 0 fully saturated rings. The van der Waals surface area contributed by atoms with Gasteiger partial charge >= 0.3 is 0 Å². The van der Waals surface area contributed by atoms with E-state index >= 15 is 0 Å². The summed E-state index contributed by atoms with van der Waals surface area (Å²) in [6, 6.07) is 10.3. The fourth-order valence-electron chi connectivity index (χ4n) is 1.57. The van der Waals surface area contributed by atoms with Crippen LogP contribution < -0.4 is 0 Å². The molecular formula is C15H22O. The topological polar surface area (TPSA) is 9.23 Å². The van der Waals surface area contributed by atoms with Crippen LogP contribution in [0, 0.1) is 0 Å². The molecule has 0 aliphatic carbocycles. The average Bonchev–Trinajstić information content (AvgIpc) is 2.34. The van der Waals surface area contributed by atoms with Gasteiger partial charge in [0.2, 0.25) is 0 Å². The van der Waals surface area contributed by atoms with E-state index in [2.05, 4.69) is 43.3 Å². The summed E-state index contributed by atoms with van der Waals surface area (Å²) in [4.78, 5) is 0. The highest BCUT2D eigenvalue weighted by Crippen LogP contribution is 2.04. The van der Waals surface area contributed by atoms with Crippen LogP contribution in [0.2, 0.25) is 0 Å². The van der Waals surface area contributed by atoms with Crippen LogP contribution >= 0.6 is 0 Å². The summed E-state index contributed by atoms with van der Waals surface area (Å²) in [7, 11) is 0. The lowest BCUT2D eigenvalue weighted by Crippen LogP contribution is -1.95. The van der Waals surface area contributed by atoms with Gasteiger partial charge < -0.3 is 4.74 Å². The van der Waals surface area contributed by atoms with Crippen LogP contribution in [-0.4, -0.2) is 6.61 Å². The molecule has 1 aromatic carbocycles. The zero-order chi connectivity index (χ0) is 11.5. The van der Waals surface area contributed by atoms with E-state index in [-0.39, 0.29) is 0 Å². The van der Waals surface area contributed by atoms with Crippen LogP contribution in [0.15, 0.2) is 42.5 Å². The lowest BCUT2D eigenvalue weighted by molar-refractivity contribution is 0.117. The van der Waals surface area contributed by atoms with Gasteiger partial charge in [-0.3, -0.25) is 0 Å². The molecule has 1 aromatic rings. The second-order valence-electron chi connectivity index (χ2n) is 3.96. The van der Waals surface area contributed by atoms with E-state index in [1.54, 1.807) is 0 Å².